The Bertz CT molecular complexity index is 1100. The van der Waals surface area contributed by atoms with Gasteiger partial charge in [-0.25, -0.2) is 0 Å². The topological polar surface area (TPSA) is 99.2 Å². The van der Waals surface area contributed by atoms with Gasteiger partial charge >= 0.3 is 0 Å². The minimum Gasteiger partial charge on any atom is -0.491 e. The van der Waals surface area contributed by atoms with Crippen molar-refractivity contribution in [2.24, 2.45) is 0 Å². The molecule has 9 heteroatoms. The highest BCUT2D eigenvalue weighted by atomic mass is 35.5. The third kappa shape index (κ3) is 6.36. The zero-order chi connectivity index (χ0) is 25.5. The molecule has 1 aliphatic heterocycles. The summed E-state index contributed by atoms with van der Waals surface area (Å²) in [5.74, 6) is -0.235. The summed E-state index contributed by atoms with van der Waals surface area (Å²) in [4.78, 5) is 42.3. The second-order valence-corrected chi connectivity index (χ2v) is 9.61. The zero-order valence-electron chi connectivity index (χ0n) is 20.2. The Morgan fingerprint density at radius 2 is 1.86 bits per heavy atom. The van der Waals surface area contributed by atoms with E-state index in [1.54, 1.807) is 17.0 Å². The highest BCUT2D eigenvalue weighted by molar-refractivity contribution is 6.34. The lowest BCUT2D eigenvalue weighted by atomic mass is 9.95. The fourth-order valence-corrected chi connectivity index (χ4v) is 5.01. The van der Waals surface area contributed by atoms with Crippen molar-refractivity contribution in [2.75, 3.05) is 31.2 Å². The second-order valence-electron chi connectivity index (χ2n) is 9.20. The molecule has 0 unspecified atom stereocenters. The molecule has 0 radical (unpaired) electrons. The first-order chi connectivity index (χ1) is 17.5. The van der Waals surface area contributed by atoms with Crippen molar-refractivity contribution >= 4 is 35.0 Å². The van der Waals surface area contributed by atoms with Crippen molar-refractivity contribution < 1.29 is 24.2 Å². The second kappa shape index (κ2) is 12.2. The van der Waals surface area contributed by atoms with Crippen molar-refractivity contribution in [1.82, 2.24) is 10.2 Å². The van der Waals surface area contributed by atoms with Crippen molar-refractivity contribution in [3.63, 3.8) is 0 Å². The summed E-state index contributed by atoms with van der Waals surface area (Å²) >= 11 is 6.39. The van der Waals surface area contributed by atoms with Crippen LogP contribution < -0.4 is 15.0 Å². The average molecular weight is 514 g/mol. The van der Waals surface area contributed by atoms with E-state index in [1.165, 1.54) is 17.4 Å². The van der Waals surface area contributed by atoms with Crippen LogP contribution in [0.3, 0.4) is 0 Å². The van der Waals surface area contributed by atoms with Crippen LogP contribution in [0.15, 0.2) is 42.5 Å². The van der Waals surface area contributed by atoms with Crippen LogP contribution in [-0.4, -0.2) is 60.1 Å². The van der Waals surface area contributed by atoms with E-state index >= 15 is 0 Å². The van der Waals surface area contributed by atoms with Gasteiger partial charge < -0.3 is 20.1 Å². The SMILES string of the molecule is O=C(CCN1Cc2ccccc2N(C(=O)c2ccc(OCCO)cc2Cl)CC1=O)NC1CCCCC1. The first kappa shape index (κ1) is 26.0. The Labute approximate surface area is 216 Å². The molecule has 0 aromatic heterocycles. The van der Waals surface area contributed by atoms with E-state index in [-0.39, 0.29) is 61.2 Å². The molecule has 2 aromatic carbocycles. The molecule has 1 fully saturated rings. The lowest BCUT2D eigenvalue weighted by molar-refractivity contribution is -0.131. The number of carbonyl (C=O) groups excluding carboxylic acids is 3. The van der Waals surface area contributed by atoms with E-state index in [4.69, 9.17) is 21.4 Å². The van der Waals surface area contributed by atoms with Gasteiger partial charge in [-0.05, 0) is 42.7 Å². The number of amides is 3. The monoisotopic (exact) mass is 513 g/mol. The van der Waals surface area contributed by atoms with E-state index in [1.807, 2.05) is 24.3 Å². The molecule has 3 amide bonds. The van der Waals surface area contributed by atoms with Gasteiger partial charge in [0.25, 0.3) is 5.91 Å². The third-order valence-electron chi connectivity index (χ3n) is 6.64. The van der Waals surface area contributed by atoms with Crippen molar-refractivity contribution in [3.8, 4) is 5.75 Å². The Balaban J connectivity index is 1.47. The van der Waals surface area contributed by atoms with E-state index in [0.29, 0.717) is 18.0 Å². The van der Waals surface area contributed by atoms with Gasteiger partial charge in [0.2, 0.25) is 11.8 Å². The fourth-order valence-electron chi connectivity index (χ4n) is 4.76. The molecule has 0 atom stereocenters. The van der Waals surface area contributed by atoms with Crippen LogP contribution >= 0.6 is 11.6 Å². The number of rotatable bonds is 8. The number of halogens is 1. The van der Waals surface area contributed by atoms with Gasteiger partial charge in [0, 0.05) is 31.2 Å². The summed E-state index contributed by atoms with van der Waals surface area (Å²) in [5, 5.41) is 12.2. The Morgan fingerprint density at radius 3 is 2.61 bits per heavy atom. The van der Waals surface area contributed by atoms with Gasteiger partial charge in [-0.1, -0.05) is 49.1 Å². The summed E-state index contributed by atoms with van der Waals surface area (Å²) in [6.45, 7) is 0.428. The molecular formula is C27H32ClN3O5. The van der Waals surface area contributed by atoms with E-state index in [2.05, 4.69) is 5.32 Å². The van der Waals surface area contributed by atoms with Gasteiger partial charge in [0.1, 0.15) is 18.9 Å². The molecule has 36 heavy (non-hydrogen) atoms. The molecule has 4 rings (SSSR count). The van der Waals surface area contributed by atoms with Crippen molar-refractivity contribution in [2.45, 2.75) is 51.1 Å². The number of aliphatic hydroxyl groups excluding tert-OH is 1. The summed E-state index contributed by atoms with van der Waals surface area (Å²) in [6.07, 6.45) is 5.73. The van der Waals surface area contributed by atoms with E-state index < -0.39 is 5.91 Å². The number of ether oxygens (including phenoxy) is 1. The molecule has 1 aliphatic carbocycles. The number of aliphatic hydroxyl groups is 1. The highest BCUT2D eigenvalue weighted by Crippen LogP contribution is 2.30. The van der Waals surface area contributed by atoms with Gasteiger partial charge in [0.15, 0.2) is 0 Å². The largest absolute Gasteiger partial charge is 0.491 e. The normalized spacial score (nSPS) is 16.3. The van der Waals surface area contributed by atoms with Gasteiger partial charge in [-0.3, -0.25) is 19.3 Å². The van der Waals surface area contributed by atoms with E-state index in [9.17, 15) is 14.4 Å². The number of para-hydroxylation sites is 1. The number of anilines is 1. The standard InChI is InChI=1S/C27H32ClN3O5/c28-23-16-21(36-15-14-32)10-11-22(23)27(35)31-18-26(34)30(17-19-6-4-5-9-24(19)31)13-12-25(33)29-20-7-2-1-3-8-20/h4-6,9-11,16,20,32H,1-3,7-8,12-15,17-18H2,(H,29,33). The number of benzene rings is 2. The van der Waals surface area contributed by atoms with Crippen LogP contribution in [0.25, 0.3) is 0 Å². The predicted octanol–water partition coefficient (Wildman–Crippen LogP) is 3.54. The van der Waals surface area contributed by atoms with Gasteiger partial charge in [-0.15, -0.1) is 0 Å². The maximum atomic E-state index is 13.5. The zero-order valence-corrected chi connectivity index (χ0v) is 21.0. The van der Waals surface area contributed by atoms with Crippen molar-refractivity contribution in [3.05, 3.63) is 58.6 Å². The molecule has 2 aliphatic rings. The minimum absolute atomic E-state index is 0.0459. The summed E-state index contributed by atoms with van der Waals surface area (Å²) in [7, 11) is 0. The third-order valence-corrected chi connectivity index (χ3v) is 6.96. The van der Waals surface area contributed by atoms with Crippen LogP contribution in [0.2, 0.25) is 5.02 Å². The molecular weight excluding hydrogens is 482 g/mol. The highest BCUT2D eigenvalue weighted by Gasteiger charge is 2.31. The number of hydrogen-bond donors (Lipinski definition) is 2. The Hall–Kier alpha value is -3.10. The molecule has 0 spiro atoms. The maximum absolute atomic E-state index is 13.5. The maximum Gasteiger partial charge on any atom is 0.260 e. The van der Waals surface area contributed by atoms with Crippen LogP contribution in [0.4, 0.5) is 5.69 Å². The summed E-state index contributed by atoms with van der Waals surface area (Å²) in [5.41, 5.74) is 1.71. The summed E-state index contributed by atoms with van der Waals surface area (Å²) in [6, 6.07) is 12.3. The quantitative estimate of drug-likeness (QED) is 0.562. The minimum atomic E-state index is -0.397. The molecule has 1 heterocycles. The first-order valence-corrected chi connectivity index (χ1v) is 12.8. The predicted molar refractivity (Wildman–Crippen MR) is 137 cm³/mol. The van der Waals surface area contributed by atoms with Gasteiger partial charge in [-0.2, -0.15) is 0 Å². The molecule has 8 nitrogen and oxygen atoms in total. The molecule has 0 saturated heterocycles. The fraction of sp³-hybridized carbons (Fsp3) is 0.444. The Morgan fingerprint density at radius 1 is 1.08 bits per heavy atom. The molecule has 2 aromatic rings. The lowest BCUT2D eigenvalue weighted by Gasteiger charge is -2.24. The molecule has 1 saturated carbocycles. The number of nitrogens with one attached hydrogen (secondary N) is 1. The molecule has 0 bridgehead atoms. The number of carbonyl (C=O) groups is 3. The molecule has 2 N–H and O–H groups in total. The van der Waals surface area contributed by atoms with Crippen molar-refractivity contribution in [1.29, 1.82) is 0 Å². The van der Waals surface area contributed by atoms with Gasteiger partial charge in [0.05, 0.1) is 17.2 Å². The smallest absolute Gasteiger partial charge is 0.260 e. The summed E-state index contributed by atoms with van der Waals surface area (Å²) < 4.78 is 5.36. The van der Waals surface area contributed by atoms with Crippen LogP contribution in [0.1, 0.15) is 54.4 Å². The van der Waals surface area contributed by atoms with Crippen LogP contribution in [0.5, 0.6) is 5.75 Å². The number of nitrogens with zero attached hydrogens (tertiary/aromatic N) is 2. The lowest BCUT2D eigenvalue weighted by Crippen LogP contribution is -2.42. The van der Waals surface area contributed by atoms with Crippen LogP contribution in [0, 0.1) is 0 Å². The molecule has 192 valence electrons. The van der Waals surface area contributed by atoms with Crippen LogP contribution in [-0.2, 0) is 16.1 Å². The first-order valence-electron chi connectivity index (χ1n) is 12.5. The number of hydrogen-bond acceptors (Lipinski definition) is 5. The van der Waals surface area contributed by atoms with E-state index in [0.717, 1.165) is 31.2 Å². The average Bonchev–Trinajstić information content (AvgIpc) is 3.02. The number of fused-ring (bicyclic) bond motifs is 1. The Kier molecular flexibility index (Phi) is 8.83.